The number of carbonyl (C=O) groups is 5. The highest BCUT2D eigenvalue weighted by molar-refractivity contribution is 7.98. The Morgan fingerprint density at radius 3 is 2.03 bits per heavy atom. The normalized spacial score (nSPS) is 15.0. The van der Waals surface area contributed by atoms with E-state index in [-0.39, 0.29) is 31.8 Å². The smallest absolute Gasteiger partial charge is 0.326 e. The lowest BCUT2D eigenvalue weighted by atomic mass is 10.1. The van der Waals surface area contributed by atoms with E-state index in [0.717, 1.165) is 0 Å². The molecule has 0 spiro atoms. The fraction of sp³-hybridized carbons (Fsp3) is 0.684. The Bertz CT molecular complexity index is 776. The second-order valence-electron chi connectivity index (χ2n) is 7.62. The fourth-order valence-electron chi connectivity index (χ4n) is 2.72. The van der Waals surface area contributed by atoms with Gasteiger partial charge in [0.15, 0.2) is 5.96 Å². The van der Waals surface area contributed by atoms with Gasteiger partial charge < -0.3 is 48.5 Å². The van der Waals surface area contributed by atoms with Gasteiger partial charge >= 0.3 is 11.9 Å². The van der Waals surface area contributed by atoms with Crippen LogP contribution in [0, 0.1) is 0 Å². The van der Waals surface area contributed by atoms with Crippen molar-refractivity contribution in [3.05, 3.63) is 0 Å². The lowest BCUT2D eigenvalue weighted by Crippen LogP contribution is -2.60. The monoisotopic (exact) mass is 521 g/mol. The van der Waals surface area contributed by atoms with Gasteiger partial charge in [-0.1, -0.05) is 0 Å². The molecule has 0 aliphatic rings. The van der Waals surface area contributed by atoms with E-state index >= 15 is 0 Å². The van der Waals surface area contributed by atoms with Crippen LogP contribution in [0.25, 0.3) is 0 Å². The number of aliphatic hydroxyl groups excluding tert-OH is 1. The van der Waals surface area contributed by atoms with Crippen molar-refractivity contribution < 1.29 is 39.3 Å². The van der Waals surface area contributed by atoms with Gasteiger partial charge in [0.05, 0.1) is 18.6 Å². The van der Waals surface area contributed by atoms with Crippen molar-refractivity contribution in [2.45, 2.75) is 62.9 Å². The van der Waals surface area contributed by atoms with E-state index in [1.165, 1.54) is 18.7 Å². The van der Waals surface area contributed by atoms with Gasteiger partial charge in [-0.15, -0.1) is 0 Å². The number of carbonyl (C=O) groups excluding carboxylic acids is 3. The van der Waals surface area contributed by atoms with Gasteiger partial charge in [0.1, 0.15) is 18.1 Å². The molecule has 0 heterocycles. The number of guanidine groups is 1. The summed E-state index contributed by atoms with van der Waals surface area (Å²) >= 11 is 1.45. The maximum absolute atomic E-state index is 12.7. The molecule has 0 rings (SSSR count). The number of rotatable bonds is 17. The minimum Gasteiger partial charge on any atom is -0.481 e. The molecule has 35 heavy (non-hydrogen) atoms. The van der Waals surface area contributed by atoms with E-state index in [2.05, 4.69) is 20.9 Å². The van der Waals surface area contributed by atoms with E-state index in [1.54, 1.807) is 0 Å². The van der Waals surface area contributed by atoms with Crippen LogP contribution in [-0.2, 0) is 24.0 Å². The first-order chi connectivity index (χ1) is 16.3. The summed E-state index contributed by atoms with van der Waals surface area (Å²) in [4.78, 5) is 64.0. The minimum absolute atomic E-state index is 0.0516. The summed E-state index contributed by atoms with van der Waals surface area (Å²) in [7, 11) is 0. The Balaban J connectivity index is 5.35. The summed E-state index contributed by atoms with van der Waals surface area (Å²) in [6.07, 6.45) is -0.0454. The summed E-state index contributed by atoms with van der Waals surface area (Å²) in [6.45, 7) is 1.29. The molecule has 0 aromatic rings. The molecule has 0 fully saturated rings. The zero-order valence-corrected chi connectivity index (χ0v) is 20.4. The fourth-order valence-corrected chi connectivity index (χ4v) is 3.21. The highest BCUT2D eigenvalue weighted by Gasteiger charge is 2.33. The number of aliphatic carboxylic acids is 2. The van der Waals surface area contributed by atoms with E-state index in [9.17, 15) is 34.2 Å². The number of nitrogens with one attached hydrogen (secondary N) is 3. The van der Waals surface area contributed by atoms with Gasteiger partial charge in [0.2, 0.25) is 17.7 Å². The Kier molecular flexibility index (Phi) is 15.0. The van der Waals surface area contributed by atoms with E-state index < -0.39 is 66.4 Å². The van der Waals surface area contributed by atoms with Crippen LogP contribution in [0.15, 0.2) is 4.99 Å². The quantitative estimate of drug-likeness (QED) is 0.0512. The van der Waals surface area contributed by atoms with Crippen molar-refractivity contribution in [3.8, 4) is 0 Å². The second-order valence-corrected chi connectivity index (χ2v) is 8.61. The van der Waals surface area contributed by atoms with Gasteiger partial charge in [-0.2, -0.15) is 11.8 Å². The summed E-state index contributed by atoms with van der Waals surface area (Å²) in [5, 5.41) is 35.1. The third kappa shape index (κ3) is 13.4. The van der Waals surface area contributed by atoms with Gasteiger partial charge in [-0.25, -0.2) is 4.79 Å². The van der Waals surface area contributed by atoms with E-state index in [1.807, 2.05) is 6.26 Å². The Morgan fingerprint density at radius 1 is 0.943 bits per heavy atom. The molecular formula is C19H35N7O8S. The number of hydrogen-bond acceptors (Lipinski definition) is 9. The maximum Gasteiger partial charge on any atom is 0.326 e. The molecule has 5 atom stereocenters. The lowest BCUT2D eigenvalue weighted by molar-refractivity contribution is -0.144. The number of nitrogens with zero attached hydrogens (tertiary/aromatic N) is 1. The number of carboxylic acid groups (broad SMARTS) is 2. The number of carboxylic acids is 2. The van der Waals surface area contributed by atoms with Gasteiger partial charge in [0.25, 0.3) is 0 Å². The average Bonchev–Trinajstić information content (AvgIpc) is 2.75. The molecule has 0 bridgehead atoms. The molecule has 5 unspecified atom stereocenters. The molecule has 0 radical (unpaired) electrons. The first-order valence-electron chi connectivity index (χ1n) is 10.6. The van der Waals surface area contributed by atoms with Gasteiger partial charge in [-0.05, 0) is 38.2 Å². The number of amides is 3. The standard InChI is InChI=1S/C19H35N7O8S/c1-9(27)14(17(32)24-11(18(33)34)4-3-6-23-19(21)22)26-16(31)12(8-13(28)29)25-15(30)10(20)5-7-35-2/h9-12,14,27H,3-8,20H2,1-2H3,(H,24,32)(H,25,30)(H,26,31)(H,28,29)(H,33,34)(H4,21,22,23). The molecule has 200 valence electrons. The Labute approximate surface area is 206 Å². The molecule has 15 nitrogen and oxygen atoms in total. The van der Waals surface area contributed by atoms with Gasteiger partial charge in [-0.3, -0.25) is 24.2 Å². The third-order valence-corrected chi connectivity index (χ3v) is 5.25. The zero-order chi connectivity index (χ0) is 27.1. The molecule has 0 saturated heterocycles. The third-order valence-electron chi connectivity index (χ3n) is 4.60. The van der Waals surface area contributed by atoms with Crippen molar-refractivity contribution in [1.29, 1.82) is 0 Å². The second kappa shape index (κ2) is 16.5. The highest BCUT2D eigenvalue weighted by Crippen LogP contribution is 2.04. The topological polar surface area (TPSA) is 273 Å². The van der Waals surface area contributed by atoms with Crippen LogP contribution in [0.5, 0.6) is 0 Å². The lowest BCUT2D eigenvalue weighted by Gasteiger charge is -2.26. The van der Waals surface area contributed by atoms with E-state index in [0.29, 0.717) is 5.75 Å². The van der Waals surface area contributed by atoms with Crippen molar-refractivity contribution in [2.75, 3.05) is 18.6 Å². The predicted octanol–water partition coefficient (Wildman–Crippen LogP) is -3.49. The van der Waals surface area contributed by atoms with Crippen LogP contribution in [0.1, 0.15) is 32.6 Å². The van der Waals surface area contributed by atoms with Crippen LogP contribution in [0.4, 0.5) is 0 Å². The number of aliphatic imine (C=N–C) groups is 1. The first kappa shape index (κ1) is 31.9. The van der Waals surface area contributed by atoms with Crippen molar-refractivity contribution in [2.24, 2.45) is 22.2 Å². The number of thioether (sulfide) groups is 1. The van der Waals surface area contributed by atoms with Crippen LogP contribution < -0.4 is 33.2 Å². The summed E-state index contributed by atoms with van der Waals surface area (Å²) in [6, 6.07) is -5.60. The molecule has 16 heteroatoms. The van der Waals surface area contributed by atoms with Crippen LogP contribution in [0.2, 0.25) is 0 Å². The molecular weight excluding hydrogens is 486 g/mol. The van der Waals surface area contributed by atoms with Crippen molar-refractivity contribution in [3.63, 3.8) is 0 Å². The molecule has 0 saturated carbocycles. The first-order valence-corrected chi connectivity index (χ1v) is 12.0. The van der Waals surface area contributed by atoms with Crippen molar-refractivity contribution in [1.82, 2.24) is 16.0 Å². The molecule has 12 N–H and O–H groups in total. The maximum atomic E-state index is 12.7. The zero-order valence-electron chi connectivity index (χ0n) is 19.6. The summed E-state index contributed by atoms with van der Waals surface area (Å²) < 4.78 is 0. The summed E-state index contributed by atoms with van der Waals surface area (Å²) in [5.41, 5.74) is 16.1. The number of hydrogen-bond donors (Lipinski definition) is 9. The Morgan fingerprint density at radius 2 is 1.54 bits per heavy atom. The molecule has 0 aromatic carbocycles. The number of nitrogens with two attached hydrogens (primary N) is 3. The largest absolute Gasteiger partial charge is 0.481 e. The molecule has 3 amide bonds. The van der Waals surface area contributed by atoms with Crippen LogP contribution in [0.3, 0.4) is 0 Å². The summed E-state index contributed by atoms with van der Waals surface area (Å²) in [5.74, 6) is -5.25. The van der Waals surface area contributed by atoms with Crippen LogP contribution >= 0.6 is 11.8 Å². The highest BCUT2D eigenvalue weighted by atomic mass is 32.2. The minimum atomic E-state index is -1.64. The average molecular weight is 522 g/mol. The Hall–Kier alpha value is -3.11. The van der Waals surface area contributed by atoms with Crippen molar-refractivity contribution >= 4 is 47.4 Å². The predicted molar refractivity (Wildman–Crippen MR) is 128 cm³/mol. The molecule has 0 aliphatic heterocycles. The number of aliphatic hydroxyl groups is 1. The van der Waals surface area contributed by atoms with E-state index in [4.69, 9.17) is 22.3 Å². The molecule has 0 aromatic heterocycles. The molecule has 0 aliphatic carbocycles. The van der Waals surface area contributed by atoms with Gasteiger partial charge in [0, 0.05) is 6.54 Å². The van der Waals surface area contributed by atoms with Crippen LogP contribution in [-0.4, -0.2) is 99.8 Å². The SMILES string of the molecule is CSCCC(N)C(=O)NC(CC(=O)O)C(=O)NC(C(=O)NC(CCCN=C(N)N)C(=O)O)C(C)O.